The zero-order chi connectivity index (χ0) is 22.1. The Morgan fingerprint density at radius 1 is 1.03 bits per heavy atom. The number of halogens is 2. The van der Waals surface area contributed by atoms with Crippen molar-refractivity contribution in [3.63, 3.8) is 0 Å². The van der Waals surface area contributed by atoms with Gasteiger partial charge in [0.25, 0.3) is 5.56 Å². The van der Waals surface area contributed by atoms with Crippen LogP contribution in [0.2, 0.25) is 10.0 Å². The van der Waals surface area contributed by atoms with Crippen LogP contribution < -0.4 is 10.9 Å². The molecule has 1 aliphatic rings. The van der Waals surface area contributed by atoms with Gasteiger partial charge in [-0.25, -0.2) is 9.78 Å². The first-order valence-electron chi connectivity index (χ1n) is 10.0. The van der Waals surface area contributed by atoms with Gasteiger partial charge >= 0.3 is 6.03 Å². The summed E-state index contributed by atoms with van der Waals surface area (Å²) in [6.45, 7) is 4.57. The number of hydrogen-bond acceptors (Lipinski definition) is 4. The summed E-state index contributed by atoms with van der Waals surface area (Å²) >= 11 is 11.9. The van der Waals surface area contributed by atoms with Crippen molar-refractivity contribution in [3.8, 4) is 0 Å². The molecular formula is C22H23Cl2N5O2. The van der Waals surface area contributed by atoms with E-state index in [0.29, 0.717) is 58.6 Å². The molecule has 2 amide bonds. The van der Waals surface area contributed by atoms with E-state index >= 15 is 0 Å². The van der Waals surface area contributed by atoms with Crippen LogP contribution in [0.5, 0.6) is 0 Å². The van der Waals surface area contributed by atoms with Crippen molar-refractivity contribution in [1.82, 2.24) is 19.4 Å². The second-order valence-corrected chi connectivity index (χ2v) is 8.50. The quantitative estimate of drug-likeness (QED) is 0.638. The number of hydrogen-bond donors (Lipinski definition) is 1. The number of benzene rings is 2. The Bertz CT molecular complexity index is 1170. The Morgan fingerprint density at radius 2 is 1.68 bits per heavy atom. The zero-order valence-corrected chi connectivity index (χ0v) is 18.8. The van der Waals surface area contributed by atoms with E-state index in [4.69, 9.17) is 28.2 Å². The van der Waals surface area contributed by atoms with E-state index in [1.807, 2.05) is 6.92 Å². The fraction of sp³-hybridized carbons (Fsp3) is 0.318. The smallest absolute Gasteiger partial charge is 0.321 e. The zero-order valence-electron chi connectivity index (χ0n) is 17.3. The minimum Gasteiger partial charge on any atom is -0.322 e. The number of fused-ring (bicyclic) bond motifs is 1. The van der Waals surface area contributed by atoms with Crippen LogP contribution in [-0.2, 0) is 7.05 Å². The van der Waals surface area contributed by atoms with Crippen molar-refractivity contribution in [1.29, 1.82) is 0 Å². The van der Waals surface area contributed by atoms with E-state index < -0.39 is 0 Å². The number of amides is 2. The molecule has 0 aliphatic carbocycles. The minimum absolute atomic E-state index is 0.0701. The summed E-state index contributed by atoms with van der Waals surface area (Å²) in [6, 6.07) is 12.0. The molecule has 1 aliphatic heterocycles. The van der Waals surface area contributed by atoms with Crippen LogP contribution in [-0.4, -0.2) is 51.6 Å². The molecule has 9 heteroatoms. The topological polar surface area (TPSA) is 70.5 Å². The van der Waals surface area contributed by atoms with Gasteiger partial charge in [0.05, 0.1) is 16.9 Å². The molecule has 0 spiro atoms. The van der Waals surface area contributed by atoms with Gasteiger partial charge in [0.15, 0.2) is 0 Å². The van der Waals surface area contributed by atoms with Gasteiger partial charge in [-0.1, -0.05) is 23.2 Å². The van der Waals surface area contributed by atoms with Crippen LogP contribution in [0, 0.1) is 0 Å². The molecule has 2 aromatic carbocycles. The molecule has 1 saturated heterocycles. The second kappa shape index (κ2) is 8.86. The molecule has 1 aromatic heterocycles. The summed E-state index contributed by atoms with van der Waals surface area (Å²) in [7, 11) is 1.73. The Balaban J connectivity index is 1.44. The predicted molar refractivity (Wildman–Crippen MR) is 124 cm³/mol. The first-order chi connectivity index (χ1) is 14.8. The lowest BCUT2D eigenvalue weighted by Crippen LogP contribution is -2.51. The van der Waals surface area contributed by atoms with Crippen LogP contribution in [0.3, 0.4) is 0 Å². The van der Waals surface area contributed by atoms with E-state index in [9.17, 15) is 9.59 Å². The summed E-state index contributed by atoms with van der Waals surface area (Å²) in [5, 5.41) is 4.55. The molecule has 0 saturated carbocycles. The summed E-state index contributed by atoms with van der Waals surface area (Å²) < 4.78 is 1.59. The van der Waals surface area contributed by atoms with Gasteiger partial charge in [0.2, 0.25) is 0 Å². The molecule has 162 valence electrons. The number of piperazine rings is 1. The average molecular weight is 460 g/mol. The van der Waals surface area contributed by atoms with Crippen molar-refractivity contribution in [2.24, 2.45) is 7.05 Å². The molecule has 1 N–H and O–H groups in total. The number of nitrogens with zero attached hydrogens (tertiary/aromatic N) is 4. The normalized spacial score (nSPS) is 15.8. The predicted octanol–water partition coefficient (Wildman–Crippen LogP) is 4.15. The SMILES string of the molecule is CC(c1nc2ccc(Cl)cc2c(=O)n1C)N1CCN(C(=O)Nc2ccc(Cl)cc2)CC1. The molecule has 4 rings (SSSR count). The summed E-state index contributed by atoms with van der Waals surface area (Å²) in [4.78, 5) is 34.1. The van der Waals surface area contributed by atoms with Crippen LogP contribution in [0.25, 0.3) is 10.9 Å². The Hall–Kier alpha value is -2.61. The number of rotatable bonds is 3. The summed E-state index contributed by atoms with van der Waals surface area (Å²) in [6.07, 6.45) is 0. The highest BCUT2D eigenvalue weighted by atomic mass is 35.5. The Kier molecular flexibility index (Phi) is 6.18. The Morgan fingerprint density at radius 3 is 2.35 bits per heavy atom. The number of aromatic nitrogens is 2. The lowest BCUT2D eigenvalue weighted by Gasteiger charge is -2.38. The highest BCUT2D eigenvalue weighted by Crippen LogP contribution is 2.22. The highest BCUT2D eigenvalue weighted by molar-refractivity contribution is 6.31. The van der Waals surface area contributed by atoms with E-state index in [2.05, 4.69) is 10.2 Å². The first-order valence-corrected chi connectivity index (χ1v) is 10.8. The van der Waals surface area contributed by atoms with Gasteiger partial charge in [-0.2, -0.15) is 0 Å². The van der Waals surface area contributed by atoms with Crippen molar-refractivity contribution >= 4 is 45.8 Å². The number of anilines is 1. The summed E-state index contributed by atoms with van der Waals surface area (Å²) in [5.74, 6) is 0.693. The lowest BCUT2D eigenvalue weighted by molar-refractivity contribution is 0.114. The molecule has 2 heterocycles. The summed E-state index contributed by atoms with van der Waals surface area (Å²) in [5.41, 5.74) is 1.23. The maximum atomic E-state index is 12.8. The number of nitrogens with one attached hydrogen (secondary N) is 1. The standard InChI is InChI=1S/C22H23Cl2N5O2/c1-14(20-26-19-8-5-16(24)13-18(19)21(30)27(20)2)28-9-11-29(12-10-28)22(31)25-17-6-3-15(23)4-7-17/h3-8,13-14H,9-12H2,1-2H3,(H,25,31). The molecule has 7 nitrogen and oxygen atoms in total. The molecule has 3 aromatic rings. The first kappa shape index (κ1) is 21.6. The number of carbonyl (C=O) groups excluding carboxylic acids is 1. The third-order valence-corrected chi connectivity index (χ3v) is 6.18. The molecule has 1 unspecified atom stereocenters. The van der Waals surface area contributed by atoms with Crippen molar-refractivity contribution < 1.29 is 4.79 Å². The maximum absolute atomic E-state index is 12.8. The molecule has 1 fully saturated rings. The monoisotopic (exact) mass is 459 g/mol. The van der Waals surface area contributed by atoms with Crippen molar-refractivity contribution in [2.75, 3.05) is 31.5 Å². The minimum atomic E-state index is -0.136. The van der Waals surface area contributed by atoms with Gasteiger partial charge in [0, 0.05) is 49.0 Å². The molecule has 0 radical (unpaired) electrons. The number of carbonyl (C=O) groups is 1. The third-order valence-electron chi connectivity index (χ3n) is 5.69. The van der Waals surface area contributed by atoms with Crippen LogP contribution in [0.15, 0.2) is 47.3 Å². The molecule has 0 bridgehead atoms. The van der Waals surface area contributed by atoms with Crippen molar-refractivity contribution in [3.05, 3.63) is 68.7 Å². The van der Waals surface area contributed by atoms with E-state index in [-0.39, 0.29) is 17.6 Å². The third kappa shape index (κ3) is 4.54. The van der Waals surface area contributed by atoms with Crippen LogP contribution in [0.1, 0.15) is 18.8 Å². The molecule has 31 heavy (non-hydrogen) atoms. The van der Waals surface area contributed by atoms with Crippen LogP contribution in [0.4, 0.5) is 10.5 Å². The van der Waals surface area contributed by atoms with Gasteiger partial charge in [0.1, 0.15) is 5.82 Å². The maximum Gasteiger partial charge on any atom is 0.321 e. The molecule has 1 atom stereocenters. The van der Waals surface area contributed by atoms with Crippen LogP contribution >= 0.6 is 23.2 Å². The van der Waals surface area contributed by atoms with Gasteiger partial charge < -0.3 is 10.2 Å². The molecular weight excluding hydrogens is 437 g/mol. The second-order valence-electron chi connectivity index (χ2n) is 7.63. The fourth-order valence-corrected chi connectivity index (χ4v) is 4.14. The fourth-order valence-electron chi connectivity index (χ4n) is 3.85. The van der Waals surface area contributed by atoms with E-state index in [1.165, 1.54) is 0 Å². The number of urea groups is 1. The van der Waals surface area contributed by atoms with E-state index in [0.717, 1.165) is 0 Å². The highest BCUT2D eigenvalue weighted by Gasteiger charge is 2.27. The average Bonchev–Trinajstić information content (AvgIpc) is 2.78. The van der Waals surface area contributed by atoms with E-state index in [1.54, 1.807) is 59.0 Å². The largest absolute Gasteiger partial charge is 0.322 e. The van der Waals surface area contributed by atoms with Gasteiger partial charge in [-0.05, 0) is 49.4 Å². The Labute approximate surface area is 190 Å². The van der Waals surface area contributed by atoms with Crippen molar-refractivity contribution in [2.45, 2.75) is 13.0 Å². The lowest BCUT2D eigenvalue weighted by atomic mass is 10.2. The van der Waals surface area contributed by atoms with Gasteiger partial charge in [-0.3, -0.25) is 14.3 Å². The van der Waals surface area contributed by atoms with Gasteiger partial charge in [-0.15, -0.1) is 0 Å².